The van der Waals surface area contributed by atoms with Gasteiger partial charge in [-0.05, 0) is 55.7 Å². The maximum Gasteiger partial charge on any atom is 0.238 e. The summed E-state index contributed by atoms with van der Waals surface area (Å²) >= 11 is 1.29. The molecule has 3 rings (SSSR count). The Labute approximate surface area is 196 Å². The van der Waals surface area contributed by atoms with Gasteiger partial charge >= 0.3 is 0 Å². The number of amides is 1. The van der Waals surface area contributed by atoms with Crippen molar-refractivity contribution in [2.75, 3.05) is 5.32 Å². The van der Waals surface area contributed by atoms with Crippen LogP contribution in [-0.4, -0.2) is 25.9 Å². The molecule has 0 spiro atoms. The summed E-state index contributed by atoms with van der Waals surface area (Å²) in [7, 11) is 0. The van der Waals surface area contributed by atoms with Gasteiger partial charge in [-0.2, -0.15) is 0 Å². The second-order valence-corrected chi connectivity index (χ2v) is 9.21. The van der Waals surface area contributed by atoms with Crippen molar-refractivity contribution in [3.8, 4) is 5.75 Å². The highest BCUT2D eigenvalue weighted by Gasteiger charge is 2.26. The van der Waals surface area contributed by atoms with Gasteiger partial charge in [0.1, 0.15) is 17.4 Å². The van der Waals surface area contributed by atoms with Crippen molar-refractivity contribution in [1.29, 1.82) is 0 Å². The Balaban J connectivity index is 1.79. The van der Waals surface area contributed by atoms with E-state index in [4.69, 9.17) is 4.74 Å². The number of nitrogens with one attached hydrogen (secondary N) is 1. The van der Waals surface area contributed by atoms with Crippen LogP contribution in [0, 0.1) is 17.6 Å². The van der Waals surface area contributed by atoms with E-state index in [0.29, 0.717) is 35.6 Å². The van der Waals surface area contributed by atoms with Crippen LogP contribution in [0.2, 0.25) is 0 Å². The van der Waals surface area contributed by atoms with E-state index in [-0.39, 0.29) is 17.4 Å². The van der Waals surface area contributed by atoms with Gasteiger partial charge in [0, 0.05) is 6.54 Å². The zero-order valence-electron chi connectivity index (χ0n) is 19.1. The molecule has 0 aliphatic rings. The molecule has 2 atom stereocenters. The number of carbonyl (C=O) groups excluding carboxylic acids is 1. The SMILES string of the molecule is CCC(Sc1nnc(C(C)Oc2ccc(F)cc2)n1CC(C)C)C(=O)Nc1ccccc1F. The molecule has 1 heterocycles. The molecule has 1 N–H and O–H groups in total. The quantitative estimate of drug-likeness (QED) is 0.373. The average Bonchev–Trinajstić information content (AvgIpc) is 3.16. The fraction of sp³-hybridized carbons (Fsp3) is 0.375. The molecule has 0 saturated heterocycles. The van der Waals surface area contributed by atoms with Crippen LogP contribution in [0.25, 0.3) is 0 Å². The minimum atomic E-state index is -0.485. The molecule has 0 aliphatic heterocycles. The van der Waals surface area contributed by atoms with Crippen LogP contribution in [-0.2, 0) is 11.3 Å². The van der Waals surface area contributed by atoms with Gasteiger partial charge in [0.2, 0.25) is 5.91 Å². The number of anilines is 1. The lowest BCUT2D eigenvalue weighted by atomic mass is 10.2. The lowest BCUT2D eigenvalue weighted by Gasteiger charge is -2.19. The van der Waals surface area contributed by atoms with Crippen molar-refractivity contribution < 1.29 is 18.3 Å². The minimum absolute atomic E-state index is 0.146. The molecule has 0 saturated carbocycles. The summed E-state index contributed by atoms with van der Waals surface area (Å²) in [5.74, 6) is 0.305. The fourth-order valence-electron chi connectivity index (χ4n) is 3.22. The lowest BCUT2D eigenvalue weighted by molar-refractivity contribution is -0.115. The molecular weight excluding hydrogens is 446 g/mol. The average molecular weight is 475 g/mol. The van der Waals surface area contributed by atoms with Crippen LogP contribution >= 0.6 is 11.8 Å². The highest BCUT2D eigenvalue weighted by atomic mass is 32.2. The van der Waals surface area contributed by atoms with Gasteiger partial charge in [-0.25, -0.2) is 8.78 Å². The highest BCUT2D eigenvalue weighted by Crippen LogP contribution is 2.30. The first-order valence-electron chi connectivity index (χ1n) is 10.9. The predicted octanol–water partition coefficient (Wildman–Crippen LogP) is 5.86. The standard InChI is InChI=1S/C24H28F2N4O2S/c1-5-21(23(31)27-20-9-7-6-8-19(20)26)33-24-29-28-22(30(24)14-15(2)3)16(4)32-18-12-10-17(25)11-13-18/h6-13,15-16,21H,5,14H2,1-4H3,(H,27,31). The molecule has 176 valence electrons. The van der Waals surface area contributed by atoms with Crippen molar-refractivity contribution >= 4 is 23.4 Å². The van der Waals surface area contributed by atoms with Gasteiger partial charge < -0.3 is 14.6 Å². The Morgan fingerprint density at radius 1 is 1.09 bits per heavy atom. The van der Waals surface area contributed by atoms with Crippen molar-refractivity contribution in [3.63, 3.8) is 0 Å². The summed E-state index contributed by atoms with van der Waals surface area (Å²) in [6.07, 6.45) is 0.0829. The molecule has 0 fully saturated rings. The molecule has 1 amide bonds. The van der Waals surface area contributed by atoms with E-state index in [1.807, 2.05) is 18.4 Å². The Hall–Kier alpha value is -2.94. The van der Waals surface area contributed by atoms with E-state index in [2.05, 4.69) is 29.4 Å². The molecule has 0 radical (unpaired) electrons. The predicted molar refractivity (Wildman–Crippen MR) is 125 cm³/mol. The molecule has 0 bridgehead atoms. The Morgan fingerprint density at radius 3 is 2.42 bits per heavy atom. The molecule has 33 heavy (non-hydrogen) atoms. The van der Waals surface area contributed by atoms with Gasteiger partial charge in [0.05, 0.1) is 10.9 Å². The Morgan fingerprint density at radius 2 is 1.79 bits per heavy atom. The third-order valence-electron chi connectivity index (χ3n) is 4.83. The molecule has 2 unspecified atom stereocenters. The van der Waals surface area contributed by atoms with Gasteiger partial charge in [0.25, 0.3) is 0 Å². The number of benzene rings is 2. The summed E-state index contributed by atoms with van der Waals surface area (Å²) in [6, 6.07) is 11.9. The first kappa shape index (κ1) is 24.7. The van der Waals surface area contributed by atoms with Crippen molar-refractivity contribution in [2.45, 2.75) is 57.2 Å². The maximum absolute atomic E-state index is 14.0. The number of hydrogen-bond donors (Lipinski definition) is 1. The maximum atomic E-state index is 14.0. The molecule has 6 nitrogen and oxygen atoms in total. The smallest absolute Gasteiger partial charge is 0.238 e. The topological polar surface area (TPSA) is 69.0 Å². The van der Waals surface area contributed by atoms with Crippen LogP contribution in [0.5, 0.6) is 5.75 Å². The summed E-state index contributed by atoms with van der Waals surface area (Å²) < 4.78 is 35.1. The fourth-order valence-corrected chi connectivity index (χ4v) is 4.19. The van der Waals surface area contributed by atoms with Gasteiger partial charge in [-0.3, -0.25) is 4.79 Å². The van der Waals surface area contributed by atoms with Crippen LogP contribution in [0.1, 0.15) is 46.0 Å². The number of ether oxygens (including phenoxy) is 1. The molecule has 3 aromatic rings. The second-order valence-electron chi connectivity index (χ2n) is 8.04. The van der Waals surface area contributed by atoms with Gasteiger partial charge in [-0.15, -0.1) is 10.2 Å². The monoisotopic (exact) mass is 474 g/mol. The molecule has 1 aromatic heterocycles. The van der Waals surface area contributed by atoms with Crippen molar-refractivity contribution in [3.05, 3.63) is 66.0 Å². The van der Waals surface area contributed by atoms with Crippen LogP contribution in [0.3, 0.4) is 0 Å². The number of rotatable bonds is 10. The van der Waals surface area contributed by atoms with Crippen LogP contribution < -0.4 is 10.1 Å². The zero-order chi connectivity index (χ0) is 24.0. The molecule has 2 aromatic carbocycles. The lowest BCUT2D eigenvalue weighted by Crippen LogP contribution is -2.26. The van der Waals surface area contributed by atoms with Crippen molar-refractivity contribution in [1.82, 2.24) is 14.8 Å². The van der Waals surface area contributed by atoms with E-state index >= 15 is 0 Å². The number of para-hydroxylation sites is 1. The summed E-state index contributed by atoms with van der Waals surface area (Å²) in [6.45, 7) is 8.52. The summed E-state index contributed by atoms with van der Waals surface area (Å²) in [5.41, 5.74) is 0.146. The zero-order valence-corrected chi connectivity index (χ0v) is 19.9. The van der Waals surface area contributed by atoms with E-state index in [1.54, 1.807) is 24.3 Å². The number of hydrogen-bond acceptors (Lipinski definition) is 5. The largest absolute Gasteiger partial charge is 0.483 e. The number of aromatic nitrogens is 3. The molecule has 9 heteroatoms. The molecular formula is C24H28F2N4O2S. The summed E-state index contributed by atoms with van der Waals surface area (Å²) in [4.78, 5) is 12.8. The third kappa shape index (κ3) is 6.54. The van der Waals surface area contributed by atoms with Gasteiger partial charge in [-0.1, -0.05) is 44.7 Å². The Kier molecular flexibility index (Phi) is 8.43. The number of carbonyl (C=O) groups is 1. The Bertz CT molecular complexity index is 1070. The number of halogens is 2. The minimum Gasteiger partial charge on any atom is -0.483 e. The van der Waals surface area contributed by atoms with E-state index < -0.39 is 17.2 Å². The van der Waals surface area contributed by atoms with Crippen LogP contribution in [0.4, 0.5) is 14.5 Å². The number of thioether (sulfide) groups is 1. The molecule has 0 aliphatic carbocycles. The highest BCUT2D eigenvalue weighted by molar-refractivity contribution is 8.00. The first-order chi connectivity index (χ1) is 15.8. The van der Waals surface area contributed by atoms with E-state index in [1.165, 1.54) is 36.0 Å². The second kappa shape index (κ2) is 11.3. The summed E-state index contributed by atoms with van der Waals surface area (Å²) in [5, 5.41) is 11.4. The van der Waals surface area contributed by atoms with Gasteiger partial charge in [0.15, 0.2) is 17.1 Å². The normalized spacial score (nSPS) is 13.1. The third-order valence-corrected chi connectivity index (χ3v) is 6.17. The van der Waals surface area contributed by atoms with Crippen molar-refractivity contribution in [2.24, 2.45) is 5.92 Å². The van der Waals surface area contributed by atoms with E-state index in [0.717, 1.165) is 0 Å². The number of nitrogens with zero attached hydrogens (tertiary/aromatic N) is 3. The van der Waals surface area contributed by atoms with Crippen LogP contribution in [0.15, 0.2) is 53.7 Å². The van der Waals surface area contributed by atoms with E-state index in [9.17, 15) is 13.6 Å². The first-order valence-corrected chi connectivity index (χ1v) is 11.7.